The maximum atomic E-state index is 12.6. The van der Waals surface area contributed by atoms with Gasteiger partial charge in [-0.2, -0.15) is 4.98 Å². The number of amides is 1. The van der Waals surface area contributed by atoms with E-state index in [2.05, 4.69) is 32.7 Å². The highest BCUT2D eigenvalue weighted by atomic mass is 35.5. The lowest BCUT2D eigenvalue weighted by Crippen LogP contribution is -2.36. The molecule has 2 atom stereocenters. The first-order chi connectivity index (χ1) is 13.0. The highest BCUT2D eigenvalue weighted by Crippen LogP contribution is 2.26. The van der Waals surface area contributed by atoms with Crippen molar-refractivity contribution in [2.75, 3.05) is 13.1 Å². The van der Waals surface area contributed by atoms with Gasteiger partial charge in [0.2, 0.25) is 17.6 Å². The van der Waals surface area contributed by atoms with Crippen LogP contribution < -0.4 is 10.6 Å². The number of hydrogen-bond acceptors (Lipinski definition) is 6. The quantitative estimate of drug-likeness (QED) is 0.675. The Morgan fingerprint density at radius 1 is 1.28 bits per heavy atom. The van der Waals surface area contributed by atoms with Crippen molar-refractivity contribution in [2.24, 2.45) is 17.8 Å². The Bertz CT molecular complexity index is 735. The summed E-state index contributed by atoms with van der Waals surface area (Å²) in [6, 6.07) is 3.41. The summed E-state index contributed by atoms with van der Waals surface area (Å²) in [5, 5.41) is 10.5. The number of nitrogens with one attached hydrogen (secondary N) is 2. The van der Waals surface area contributed by atoms with Crippen LogP contribution in [-0.2, 0) is 4.79 Å². The standard InChI is InChI=1S/C20H29N5O2.2ClH/c1-13(2)18(20-24-19(25-27-20)16-5-4-8-22-12-16)23-17(26)11-14(3)15-6-9-21-10-7-15;;/h4-5,8,12-15,18,21H,6-7,9-11H2,1-3H3,(H,23,26);2*1H. The summed E-state index contributed by atoms with van der Waals surface area (Å²) in [6.07, 6.45) is 6.20. The molecule has 2 aromatic heterocycles. The molecule has 9 heteroatoms. The minimum atomic E-state index is -0.296. The first kappa shape index (κ1) is 25.3. The molecule has 1 fully saturated rings. The zero-order chi connectivity index (χ0) is 19.2. The van der Waals surface area contributed by atoms with E-state index in [0.717, 1.165) is 31.5 Å². The molecule has 1 amide bonds. The van der Waals surface area contributed by atoms with Crippen LogP contribution in [-0.4, -0.2) is 34.1 Å². The number of rotatable bonds is 7. The van der Waals surface area contributed by atoms with Crippen LogP contribution in [0, 0.1) is 17.8 Å². The Morgan fingerprint density at radius 2 is 2.00 bits per heavy atom. The Hall–Kier alpha value is -1.70. The average Bonchev–Trinajstić information content (AvgIpc) is 3.17. The van der Waals surface area contributed by atoms with Gasteiger partial charge < -0.3 is 15.2 Å². The number of pyridine rings is 1. The third-order valence-electron chi connectivity index (χ3n) is 5.31. The van der Waals surface area contributed by atoms with Gasteiger partial charge in [-0.15, -0.1) is 24.8 Å². The van der Waals surface area contributed by atoms with Crippen LogP contribution in [0.5, 0.6) is 0 Å². The Kier molecular flexibility index (Phi) is 10.6. The van der Waals surface area contributed by atoms with E-state index in [0.29, 0.717) is 30.0 Å². The van der Waals surface area contributed by atoms with Crippen molar-refractivity contribution in [3.63, 3.8) is 0 Å². The molecule has 29 heavy (non-hydrogen) atoms. The zero-order valence-electron chi connectivity index (χ0n) is 17.1. The molecule has 0 bridgehead atoms. The van der Waals surface area contributed by atoms with Gasteiger partial charge >= 0.3 is 0 Å². The van der Waals surface area contributed by atoms with Crippen LogP contribution >= 0.6 is 24.8 Å². The van der Waals surface area contributed by atoms with Gasteiger partial charge in [-0.3, -0.25) is 9.78 Å². The topological polar surface area (TPSA) is 92.9 Å². The molecule has 0 spiro atoms. The molecule has 1 saturated heterocycles. The minimum absolute atomic E-state index is 0. The smallest absolute Gasteiger partial charge is 0.249 e. The summed E-state index contributed by atoms with van der Waals surface area (Å²) in [4.78, 5) is 21.2. The molecule has 0 aromatic carbocycles. The average molecular weight is 444 g/mol. The number of carbonyl (C=O) groups excluding carboxylic acids is 1. The van der Waals surface area contributed by atoms with Gasteiger partial charge in [0.05, 0.1) is 0 Å². The van der Waals surface area contributed by atoms with Gasteiger partial charge in [-0.1, -0.05) is 25.9 Å². The van der Waals surface area contributed by atoms with Crippen molar-refractivity contribution in [3.8, 4) is 11.4 Å². The van der Waals surface area contributed by atoms with E-state index in [1.54, 1.807) is 12.4 Å². The predicted octanol–water partition coefficient (Wildman–Crippen LogP) is 3.81. The Labute approximate surface area is 184 Å². The molecule has 0 saturated carbocycles. The van der Waals surface area contributed by atoms with E-state index < -0.39 is 0 Å². The normalized spacial score (nSPS) is 16.4. The van der Waals surface area contributed by atoms with Crippen molar-refractivity contribution in [1.29, 1.82) is 0 Å². The van der Waals surface area contributed by atoms with E-state index in [-0.39, 0.29) is 42.7 Å². The Morgan fingerprint density at radius 3 is 2.62 bits per heavy atom. The molecule has 2 unspecified atom stereocenters. The number of piperidine rings is 1. The highest BCUT2D eigenvalue weighted by Gasteiger charge is 2.27. The molecular formula is C20H31Cl2N5O2. The van der Waals surface area contributed by atoms with Crippen molar-refractivity contribution < 1.29 is 9.32 Å². The van der Waals surface area contributed by atoms with Gasteiger partial charge in [0.1, 0.15) is 6.04 Å². The molecular weight excluding hydrogens is 413 g/mol. The lowest BCUT2D eigenvalue weighted by molar-refractivity contribution is -0.123. The second kappa shape index (κ2) is 12.1. The second-order valence-corrected chi connectivity index (χ2v) is 7.76. The van der Waals surface area contributed by atoms with Gasteiger partial charge in [0.25, 0.3) is 0 Å². The number of hydrogen-bond donors (Lipinski definition) is 2. The van der Waals surface area contributed by atoms with E-state index >= 15 is 0 Å². The van der Waals surface area contributed by atoms with Crippen molar-refractivity contribution in [3.05, 3.63) is 30.4 Å². The molecule has 2 N–H and O–H groups in total. The van der Waals surface area contributed by atoms with Crippen molar-refractivity contribution in [2.45, 2.75) is 46.1 Å². The van der Waals surface area contributed by atoms with E-state index in [9.17, 15) is 4.79 Å². The minimum Gasteiger partial charge on any atom is -0.344 e. The van der Waals surface area contributed by atoms with Crippen LogP contribution in [0.2, 0.25) is 0 Å². The monoisotopic (exact) mass is 443 g/mol. The van der Waals surface area contributed by atoms with Gasteiger partial charge in [-0.05, 0) is 55.8 Å². The van der Waals surface area contributed by atoms with Crippen LogP contribution in [0.15, 0.2) is 29.0 Å². The molecule has 3 rings (SSSR count). The summed E-state index contributed by atoms with van der Waals surface area (Å²) < 4.78 is 5.45. The molecule has 0 radical (unpaired) electrons. The summed E-state index contributed by atoms with van der Waals surface area (Å²) >= 11 is 0. The second-order valence-electron chi connectivity index (χ2n) is 7.76. The van der Waals surface area contributed by atoms with Gasteiger partial charge in [-0.25, -0.2) is 0 Å². The lowest BCUT2D eigenvalue weighted by atomic mass is 9.84. The maximum absolute atomic E-state index is 12.6. The SMILES string of the molecule is CC(C)C(NC(=O)CC(C)C1CCNCC1)c1nc(-c2cccnc2)no1.Cl.Cl. The molecule has 2 aromatic rings. The summed E-state index contributed by atoms with van der Waals surface area (Å²) in [5.74, 6) is 2.09. The lowest BCUT2D eigenvalue weighted by Gasteiger charge is -2.28. The number of halogens is 2. The summed E-state index contributed by atoms with van der Waals surface area (Å²) in [6.45, 7) is 8.34. The Balaban J connectivity index is 0.00000210. The number of aromatic nitrogens is 3. The largest absolute Gasteiger partial charge is 0.344 e. The summed E-state index contributed by atoms with van der Waals surface area (Å²) in [5.41, 5.74) is 0.792. The van der Waals surface area contributed by atoms with Crippen LogP contribution in [0.4, 0.5) is 0 Å². The molecule has 3 heterocycles. The number of nitrogens with zero attached hydrogens (tertiary/aromatic N) is 3. The number of carbonyl (C=O) groups is 1. The predicted molar refractivity (Wildman–Crippen MR) is 117 cm³/mol. The van der Waals surface area contributed by atoms with Gasteiger partial charge in [0, 0.05) is 24.4 Å². The molecule has 7 nitrogen and oxygen atoms in total. The third-order valence-corrected chi connectivity index (χ3v) is 5.31. The van der Waals surface area contributed by atoms with Gasteiger partial charge in [0.15, 0.2) is 0 Å². The fraction of sp³-hybridized carbons (Fsp3) is 0.600. The fourth-order valence-electron chi connectivity index (χ4n) is 3.59. The molecule has 1 aliphatic rings. The molecule has 1 aliphatic heterocycles. The molecule has 162 valence electrons. The first-order valence-electron chi connectivity index (χ1n) is 9.78. The van der Waals surface area contributed by atoms with E-state index in [4.69, 9.17) is 4.52 Å². The van der Waals surface area contributed by atoms with Crippen LogP contribution in [0.25, 0.3) is 11.4 Å². The maximum Gasteiger partial charge on any atom is 0.249 e. The fourth-order valence-corrected chi connectivity index (χ4v) is 3.59. The third kappa shape index (κ3) is 6.94. The molecule has 0 aliphatic carbocycles. The van der Waals surface area contributed by atoms with Crippen molar-refractivity contribution >= 4 is 30.7 Å². The zero-order valence-corrected chi connectivity index (χ0v) is 18.8. The first-order valence-corrected chi connectivity index (χ1v) is 9.78. The van der Waals surface area contributed by atoms with Crippen LogP contribution in [0.1, 0.15) is 52.0 Å². The highest BCUT2D eigenvalue weighted by molar-refractivity contribution is 5.85. The summed E-state index contributed by atoms with van der Waals surface area (Å²) in [7, 11) is 0. The van der Waals surface area contributed by atoms with Crippen LogP contribution in [0.3, 0.4) is 0 Å². The van der Waals surface area contributed by atoms with Crippen molar-refractivity contribution in [1.82, 2.24) is 25.8 Å². The van der Waals surface area contributed by atoms with E-state index in [1.165, 1.54) is 0 Å². The van der Waals surface area contributed by atoms with E-state index in [1.807, 2.05) is 26.0 Å².